The van der Waals surface area contributed by atoms with E-state index in [-0.39, 0.29) is 0 Å². The van der Waals surface area contributed by atoms with E-state index in [1.807, 2.05) is 12.1 Å². The van der Waals surface area contributed by atoms with Gasteiger partial charge in [0.25, 0.3) is 0 Å². The van der Waals surface area contributed by atoms with Crippen molar-refractivity contribution in [2.24, 2.45) is 11.7 Å². The lowest BCUT2D eigenvalue weighted by Gasteiger charge is -1.89. The van der Waals surface area contributed by atoms with Gasteiger partial charge in [-0.1, -0.05) is 6.92 Å². The van der Waals surface area contributed by atoms with Crippen molar-refractivity contribution in [1.82, 2.24) is 0 Å². The molecule has 1 aromatic rings. The molecule has 2 N–H and O–H groups in total. The van der Waals surface area contributed by atoms with Gasteiger partial charge in [-0.3, -0.25) is 4.79 Å². The van der Waals surface area contributed by atoms with Gasteiger partial charge in [0.2, 0.25) is 5.91 Å². The van der Waals surface area contributed by atoms with Gasteiger partial charge in [0.1, 0.15) is 11.5 Å². The maximum absolute atomic E-state index is 10.5. The number of nitrogens with two attached hydrogens (primary N) is 1. The topological polar surface area (TPSA) is 56.2 Å². The fourth-order valence-electron chi connectivity index (χ4n) is 1.54. The van der Waals surface area contributed by atoms with Crippen molar-refractivity contribution in [3.05, 3.63) is 29.7 Å². The monoisotopic (exact) mass is 191 g/mol. The Labute approximate surface area is 82.6 Å². The average Bonchev–Trinajstić information content (AvgIpc) is 2.68. The molecule has 1 aliphatic carbocycles. The Kier molecular flexibility index (Phi) is 2.15. The molecule has 0 aromatic carbocycles. The van der Waals surface area contributed by atoms with Crippen LogP contribution in [0.1, 0.15) is 30.8 Å². The summed E-state index contributed by atoms with van der Waals surface area (Å²) in [4.78, 5) is 10.5. The average molecular weight is 191 g/mol. The van der Waals surface area contributed by atoms with E-state index < -0.39 is 5.91 Å². The van der Waals surface area contributed by atoms with Gasteiger partial charge in [-0.2, -0.15) is 0 Å². The molecule has 3 heteroatoms. The van der Waals surface area contributed by atoms with Gasteiger partial charge in [0.05, 0.1) is 0 Å². The first-order chi connectivity index (χ1) is 6.66. The zero-order valence-corrected chi connectivity index (χ0v) is 8.07. The maximum atomic E-state index is 10.5. The van der Waals surface area contributed by atoms with E-state index in [2.05, 4.69) is 6.92 Å². The van der Waals surface area contributed by atoms with Crippen molar-refractivity contribution in [3.63, 3.8) is 0 Å². The molecule has 1 amide bonds. The van der Waals surface area contributed by atoms with Crippen LogP contribution in [0.5, 0.6) is 0 Å². The van der Waals surface area contributed by atoms with Crippen molar-refractivity contribution >= 4 is 12.0 Å². The SMILES string of the molecule is C[C@@H]1C[C@@H]1c1ccc(/C=C/C(N)=O)o1. The highest BCUT2D eigenvalue weighted by Gasteiger charge is 2.36. The van der Waals surface area contributed by atoms with E-state index in [0.29, 0.717) is 11.7 Å². The summed E-state index contributed by atoms with van der Waals surface area (Å²) >= 11 is 0. The first-order valence-corrected chi connectivity index (χ1v) is 4.74. The molecule has 1 saturated carbocycles. The fraction of sp³-hybridized carbons (Fsp3) is 0.364. The van der Waals surface area contributed by atoms with Crippen LogP contribution < -0.4 is 5.73 Å². The van der Waals surface area contributed by atoms with Crippen LogP contribution in [0.15, 0.2) is 22.6 Å². The molecule has 0 aliphatic heterocycles. The molecule has 2 rings (SSSR count). The van der Waals surface area contributed by atoms with Gasteiger partial charge in [-0.25, -0.2) is 0 Å². The van der Waals surface area contributed by atoms with Gasteiger partial charge in [0.15, 0.2) is 0 Å². The Morgan fingerprint density at radius 3 is 2.93 bits per heavy atom. The molecular weight excluding hydrogens is 178 g/mol. The van der Waals surface area contributed by atoms with Gasteiger partial charge in [-0.15, -0.1) is 0 Å². The summed E-state index contributed by atoms with van der Waals surface area (Å²) in [5, 5.41) is 0. The fourth-order valence-corrected chi connectivity index (χ4v) is 1.54. The third-order valence-corrected chi connectivity index (χ3v) is 2.53. The van der Waals surface area contributed by atoms with Gasteiger partial charge in [0, 0.05) is 12.0 Å². The molecule has 3 nitrogen and oxygen atoms in total. The normalized spacial score (nSPS) is 25.5. The van der Waals surface area contributed by atoms with Gasteiger partial charge in [-0.05, 0) is 30.5 Å². The molecule has 0 saturated heterocycles. The molecule has 0 unspecified atom stereocenters. The summed E-state index contributed by atoms with van der Waals surface area (Å²) in [5.41, 5.74) is 4.97. The summed E-state index contributed by atoms with van der Waals surface area (Å²) in [6, 6.07) is 3.83. The van der Waals surface area contributed by atoms with E-state index in [0.717, 1.165) is 11.7 Å². The number of carbonyl (C=O) groups is 1. The van der Waals surface area contributed by atoms with Gasteiger partial charge < -0.3 is 10.2 Å². The Balaban J connectivity index is 2.06. The van der Waals surface area contributed by atoms with Crippen LogP contribution in [-0.2, 0) is 4.79 Å². The Morgan fingerprint density at radius 1 is 1.64 bits per heavy atom. The molecule has 1 heterocycles. The summed E-state index contributed by atoms with van der Waals surface area (Å²) in [6.45, 7) is 2.20. The highest BCUT2D eigenvalue weighted by Crippen LogP contribution is 2.47. The molecule has 0 spiro atoms. The minimum Gasteiger partial charge on any atom is -0.461 e. The predicted octanol–water partition coefficient (Wildman–Crippen LogP) is 1.90. The second kappa shape index (κ2) is 3.33. The molecule has 2 atom stereocenters. The van der Waals surface area contributed by atoms with Crippen molar-refractivity contribution in [3.8, 4) is 0 Å². The van der Waals surface area contributed by atoms with Crippen LogP contribution in [0.25, 0.3) is 6.08 Å². The number of hydrogen-bond acceptors (Lipinski definition) is 2. The first kappa shape index (κ1) is 9.06. The van der Waals surface area contributed by atoms with Crippen LogP contribution in [-0.4, -0.2) is 5.91 Å². The van der Waals surface area contributed by atoms with Crippen molar-refractivity contribution < 1.29 is 9.21 Å². The Bertz CT molecular complexity index is 378. The molecular formula is C11H13NO2. The number of primary amides is 1. The second-order valence-electron chi connectivity index (χ2n) is 3.80. The van der Waals surface area contributed by atoms with E-state index in [1.54, 1.807) is 6.08 Å². The zero-order valence-electron chi connectivity index (χ0n) is 8.07. The number of carbonyl (C=O) groups excluding carboxylic acids is 1. The third-order valence-electron chi connectivity index (χ3n) is 2.53. The molecule has 14 heavy (non-hydrogen) atoms. The molecule has 0 bridgehead atoms. The maximum Gasteiger partial charge on any atom is 0.241 e. The zero-order chi connectivity index (χ0) is 10.1. The first-order valence-electron chi connectivity index (χ1n) is 4.74. The lowest BCUT2D eigenvalue weighted by molar-refractivity contribution is -0.113. The summed E-state index contributed by atoms with van der Waals surface area (Å²) in [5.74, 6) is 2.56. The number of amides is 1. The van der Waals surface area contributed by atoms with E-state index in [9.17, 15) is 4.79 Å². The Morgan fingerprint density at radius 2 is 2.36 bits per heavy atom. The van der Waals surface area contributed by atoms with Crippen molar-refractivity contribution in [2.75, 3.05) is 0 Å². The van der Waals surface area contributed by atoms with E-state index in [4.69, 9.17) is 10.2 Å². The summed E-state index contributed by atoms with van der Waals surface area (Å²) < 4.78 is 5.53. The van der Waals surface area contributed by atoms with Crippen molar-refractivity contribution in [2.45, 2.75) is 19.3 Å². The molecule has 1 fully saturated rings. The van der Waals surface area contributed by atoms with E-state index in [1.165, 1.54) is 12.5 Å². The number of rotatable bonds is 3. The van der Waals surface area contributed by atoms with E-state index >= 15 is 0 Å². The molecule has 1 aliphatic rings. The van der Waals surface area contributed by atoms with Crippen LogP contribution in [0, 0.1) is 5.92 Å². The minimum atomic E-state index is -0.456. The lowest BCUT2D eigenvalue weighted by atomic mass is 10.3. The van der Waals surface area contributed by atoms with Crippen LogP contribution in [0.4, 0.5) is 0 Å². The standard InChI is InChI=1S/C11H13NO2/c1-7-6-9(7)10-4-2-8(14-10)3-5-11(12)13/h2-5,7,9H,6H2,1H3,(H2,12,13)/b5-3+/t7-,9+/m1/s1. The highest BCUT2D eigenvalue weighted by molar-refractivity contribution is 5.89. The predicted molar refractivity (Wildman–Crippen MR) is 53.5 cm³/mol. The smallest absolute Gasteiger partial charge is 0.241 e. The molecule has 1 aromatic heterocycles. The summed E-state index contributed by atoms with van der Waals surface area (Å²) in [7, 11) is 0. The summed E-state index contributed by atoms with van der Waals surface area (Å²) in [6.07, 6.45) is 4.10. The third kappa shape index (κ3) is 1.87. The highest BCUT2D eigenvalue weighted by atomic mass is 16.3. The van der Waals surface area contributed by atoms with Gasteiger partial charge >= 0.3 is 0 Å². The minimum absolute atomic E-state index is 0.456. The second-order valence-corrected chi connectivity index (χ2v) is 3.80. The van der Waals surface area contributed by atoms with Crippen LogP contribution >= 0.6 is 0 Å². The van der Waals surface area contributed by atoms with Crippen LogP contribution in [0.3, 0.4) is 0 Å². The number of furan rings is 1. The lowest BCUT2D eigenvalue weighted by Crippen LogP contribution is -2.04. The van der Waals surface area contributed by atoms with Crippen molar-refractivity contribution in [1.29, 1.82) is 0 Å². The largest absolute Gasteiger partial charge is 0.461 e. The molecule has 74 valence electrons. The Hall–Kier alpha value is -1.51. The quantitative estimate of drug-likeness (QED) is 0.742. The number of hydrogen-bond donors (Lipinski definition) is 1. The molecule has 0 radical (unpaired) electrons. The van der Waals surface area contributed by atoms with Crippen LogP contribution in [0.2, 0.25) is 0 Å².